The van der Waals surface area contributed by atoms with E-state index in [-0.39, 0.29) is 10.9 Å². The summed E-state index contributed by atoms with van der Waals surface area (Å²) in [5.74, 6) is -0.277. The molecule has 3 N–H and O–H groups in total. The van der Waals surface area contributed by atoms with Crippen molar-refractivity contribution < 1.29 is 14.3 Å². The number of hydrogen-bond acceptors (Lipinski definition) is 4. The minimum absolute atomic E-state index is 0.146. The summed E-state index contributed by atoms with van der Waals surface area (Å²) >= 11 is 5.73. The van der Waals surface area contributed by atoms with E-state index >= 15 is 0 Å². The summed E-state index contributed by atoms with van der Waals surface area (Å²) in [4.78, 5) is 27.5. The maximum Gasteiger partial charge on any atom is 0.410 e. The van der Waals surface area contributed by atoms with E-state index in [0.29, 0.717) is 11.3 Å². The normalized spacial score (nSPS) is 10.2. The summed E-state index contributed by atoms with van der Waals surface area (Å²) in [5.41, 5.74) is 7.51. The molecule has 0 bridgehead atoms. The van der Waals surface area contributed by atoms with E-state index in [9.17, 15) is 9.59 Å². The molecule has 130 valence electrons. The van der Waals surface area contributed by atoms with Gasteiger partial charge in [-0.3, -0.25) is 4.79 Å². The number of aromatic nitrogens is 1. The number of halogens is 1. The van der Waals surface area contributed by atoms with Gasteiger partial charge in [0.25, 0.3) is 5.91 Å². The van der Waals surface area contributed by atoms with Gasteiger partial charge in [0, 0.05) is 6.20 Å². The first-order valence-electron chi connectivity index (χ1n) is 7.62. The van der Waals surface area contributed by atoms with Crippen LogP contribution in [0.3, 0.4) is 0 Å². The molecular formula is C19H14ClN3O3. The Morgan fingerprint density at radius 1 is 1.00 bits per heavy atom. The van der Waals surface area contributed by atoms with Crippen LogP contribution < -0.4 is 15.8 Å². The van der Waals surface area contributed by atoms with Crippen molar-refractivity contribution in [2.24, 2.45) is 5.73 Å². The van der Waals surface area contributed by atoms with Gasteiger partial charge in [-0.25, -0.2) is 9.78 Å². The Kier molecular flexibility index (Phi) is 5.15. The van der Waals surface area contributed by atoms with Crippen molar-refractivity contribution in [2.45, 2.75) is 0 Å². The molecule has 0 aliphatic heterocycles. The third kappa shape index (κ3) is 4.17. The highest BCUT2D eigenvalue weighted by atomic mass is 35.5. The zero-order chi connectivity index (χ0) is 18.5. The molecule has 26 heavy (non-hydrogen) atoms. The molecule has 3 aromatic rings. The number of hydrogen-bond donors (Lipinski definition) is 2. The fourth-order valence-corrected chi connectivity index (χ4v) is 2.45. The van der Waals surface area contributed by atoms with Crippen molar-refractivity contribution in [1.29, 1.82) is 0 Å². The zero-order valence-electron chi connectivity index (χ0n) is 13.5. The Labute approximate surface area is 154 Å². The number of rotatable bonds is 4. The maximum absolute atomic E-state index is 12.4. The van der Waals surface area contributed by atoms with Crippen LogP contribution in [0.25, 0.3) is 11.1 Å². The van der Waals surface area contributed by atoms with Crippen LogP contribution in [0.15, 0.2) is 66.9 Å². The number of benzene rings is 2. The Hall–Kier alpha value is -3.38. The third-order valence-electron chi connectivity index (χ3n) is 3.54. The number of nitrogens with zero attached hydrogens (tertiary/aromatic N) is 1. The number of ether oxygens (including phenoxy) is 1. The average molecular weight is 368 g/mol. The molecule has 1 heterocycles. The van der Waals surface area contributed by atoms with E-state index in [1.807, 2.05) is 30.3 Å². The van der Waals surface area contributed by atoms with Gasteiger partial charge in [-0.1, -0.05) is 48.0 Å². The highest BCUT2D eigenvalue weighted by Crippen LogP contribution is 2.31. The number of primary amides is 1. The fraction of sp³-hybridized carbons (Fsp3) is 0. The molecule has 0 spiro atoms. The molecule has 3 rings (SSSR count). The summed E-state index contributed by atoms with van der Waals surface area (Å²) < 4.78 is 4.98. The van der Waals surface area contributed by atoms with Gasteiger partial charge in [0.05, 0.1) is 11.3 Å². The van der Waals surface area contributed by atoms with Gasteiger partial charge in [-0.2, -0.15) is 0 Å². The number of carbonyl (C=O) groups is 2. The smallest absolute Gasteiger partial charge is 0.408 e. The molecule has 6 nitrogen and oxygen atoms in total. The number of anilines is 1. The highest BCUT2D eigenvalue weighted by molar-refractivity contribution is 6.29. The van der Waals surface area contributed by atoms with Crippen LogP contribution in [0.1, 0.15) is 10.4 Å². The molecule has 2 aromatic carbocycles. The van der Waals surface area contributed by atoms with Crippen LogP contribution >= 0.6 is 11.6 Å². The summed E-state index contributed by atoms with van der Waals surface area (Å²) in [6.07, 6.45) is 0.383. The van der Waals surface area contributed by atoms with Gasteiger partial charge in [0.2, 0.25) is 0 Å². The molecule has 0 radical (unpaired) electrons. The van der Waals surface area contributed by atoms with Crippen molar-refractivity contribution in [1.82, 2.24) is 4.98 Å². The first-order chi connectivity index (χ1) is 12.5. The van der Waals surface area contributed by atoms with Crippen molar-refractivity contribution in [2.75, 3.05) is 5.32 Å². The van der Waals surface area contributed by atoms with Crippen LogP contribution in [0.5, 0.6) is 5.75 Å². The Balaban J connectivity index is 1.95. The van der Waals surface area contributed by atoms with Crippen LogP contribution in [0, 0.1) is 0 Å². The molecule has 0 fully saturated rings. The van der Waals surface area contributed by atoms with Gasteiger partial charge >= 0.3 is 6.09 Å². The van der Waals surface area contributed by atoms with Gasteiger partial charge < -0.3 is 15.8 Å². The third-order valence-corrected chi connectivity index (χ3v) is 3.76. The number of nitrogens with one attached hydrogen (secondary N) is 1. The zero-order valence-corrected chi connectivity index (χ0v) is 14.2. The van der Waals surface area contributed by atoms with Crippen LogP contribution in [-0.2, 0) is 0 Å². The van der Waals surface area contributed by atoms with Crippen LogP contribution in [-0.4, -0.2) is 17.0 Å². The summed E-state index contributed by atoms with van der Waals surface area (Å²) in [5, 5.41) is 2.99. The average Bonchev–Trinajstić information content (AvgIpc) is 2.64. The number of amides is 2. The molecule has 2 amide bonds. The maximum atomic E-state index is 12.4. The van der Waals surface area contributed by atoms with E-state index in [1.165, 1.54) is 12.3 Å². The van der Waals surface area contributed by atoms with Crippen molar-refractivity contribution >= 4 is 29.3 Å². The number of carbonyl (C=O) groups excluding carboxylic acids is 2. The van der Waals surface area contributed by atoms with Gasteiger partial charge in [-0.05, 0) is 35.4 Å². The fourth-order valence-electron chi connectivity index (χ4n) is 2.34. The molecule has 0 saturated carbocycles. The second-order valence-electron chi connectivity index (χ2n) is 5.32. The molecule has 0 unspecified atom stereocenters. The largest absolute Gasteiger partial charge is 0.410 e. The lowest BCUT2D eigenvalue weighted by atomic mass is 10.0. The van der Waals surface area contributed by atoms with Crippen molar-refractivity contribution in [3.8, 4) is 16.9 Å². The van der Waals surface area contributed by atoms with E-state index in [2.05, 4.69) is 10.3 Å². The first-order valence-corrected chi connectivity index (χ1v) is 8.00. The molecule has 0 aliphatic carbocycles. The Morgan fingerprint density at radius 3 is 2.42 bits per heavy atom. The molecule has 1 aromatic heterocycles. The lowest BCUT2D eigenvalue weighted by Gasteiger charge is -2.12. The van der Waals surface area contributed by atoms with Crippen molar-refractivity contribution in [3.63, 3.8) is 0 Å². The molecular weight excluding hydrogens is 354 g/mol. The summed E-state index contributed by atoms with van der Waals surface area (Å²) in [7, 11) is 0. The molecule has 0 atom stereocenters. The van der Waals surface area contributed by atoms with E-state index in [0.717, 1.165) is 11.1 Å². The topological polar surface area (TPSA) is 94.3 Å². The van der Waals surface area contributed by atoms with E-state index in [4.69, 9.17) is 22.1 Å². The second-order valence-corrected chi connectivity index (χ2v) is 5.71. The lowest BCUT2D eigenvalue weighted by molar-refractivity contribution is 0.102. The molecule has 0 aliphatic rings. The van der Waals surface area contributed by atoms with Gasteiger partial charge in [0.1, 0.15) is 5.15 Å². The minimum atomic E-state index is -0.971. The predicted molar refractivity (Wildman–Crippen MR) is 99.3 cm³/mol. The summed E-state index contributed by atoms with van der Waals surface area (Å²) in [6, 6.07) is 17.7. The minimum Gasteiger partial charge on any atom is -0.408 e. The quantitative estimate of drug-likeness (QED) is 0.678. The highest BCUT2D eigenvalue weighted by Gasteiger charge is 2.13. The number of nitrogens with two attached hydrogens (primary N) is 1. The monoisotopic (exact) mass is 367 g/mol. The van der Waals surface area contributed by atoms with Gasteiger partial charge in [-0.15, -0.1) is 0 Å². The molecule has 0 saturated heterocycles. The SMILES string of the molecule is NC(=O)Oc1ccc(-c2ccccc2)cc1NC(=O)c1ccc(Cl)nc1. The molecule has 7 heteroatoms. The number of pyridine rings is 1. The standard InChI is InChI=1S/C19H14ClN3O3/c20-17-9-7-14(11-22-17)18(24)23-15-10-13(12-4-2-1-3-5-12)6-8-16(15)26-19(21)25/h1-11H,(H2,21,25)(H,23,24). The Bertz CT molecular complexity index is 944. The summed E-state index contributed by atoms with van der Waals surface area (Å²) in [6.45, 7) is 0. The second kappa shape index (κ2) is 7.67. The Morgan fingerprint density at radius 2 is 1.77 bits per heavy atom. The van der Waals surface area contributed by atoms with Crippen LogP contribution in [0.4, 0.5) is 10.5 Å². The lowest BCUT2D eigenvalue weighted by Crippen LogP contribution is -2.19. The predicted octanol–water partition coefficient (Wildman–Crippen LogP) is 4.11. The first kappa shape index (κ1) is 17.4. The van der Waals surface area contributed by atoms with Gasteiger partial charge in [0.15, 0.2) is 5.75 Å². The van der Waals surface area contributed by atoms with Crippen LogP contribution in [0.2, 0.25) is 5.15 Å². The van der Waals surface area contributed by atoms with E-state index in [1.54, 1.807) is 24.3 Å². The van der Waals surface area contributed by atoms with E-state index < -0.39 is 12.0 Å². The van der Waals surface area contributed by atoms with Crippen molar-refractivity contribution in [3.05, 3.63) is 77.6 Å².